The van der Waals surface area contributed by atoms with Crippen LogP contribution in [-0.2, 0) is 4.79 Å². The monoisotopic (exact) mass is 439 g/mol. The van der Waals surface area contributed by atoms with Gasteiger partial charge in [0.15, 0.2) is 5.76 Å². The minimum atomic E-state index is -0.618. The Morgan fingerprint density at radius 3 is 2.44 bits per heavy atom. The molecule has 1 unspecified atom stereocenters. The highest BCUT2D eigenvalue weighted by molar-refractivity contribution is 5.98. The number of ether oxygens (including phenoxy) is 1. The van der Waals surface area contributed by atoms with Crippen molar-refractivity contribution >= 4 is 17.7 Å². The van der Waals surface area contributed by atoms with E-state index in [1.165, 1.54) is 6.26 Å². The van der Waals surface area contributed by atoms with Crippen LogP contribution in [0.4, 0.5) is 0 Å². The Bertz CT molecular complexity index is 944. The second-order valence-corrected chi connectivity index (χ2v) is 8.32. The van der Waals surface area contributed by atoms with Gasteiger partial charge in [-0.2, -0.15) is 0 Å². The van der Waals surface area contributed by atoms with Crippen LogP contribution in [0.5, 0.6) is 5.75 Å². The maximum atomic E-state index is 13.3. The zero-order valence-electron chi connectivity index (χ0n) is 18.3. The Hall–Kier alpha value is -3.29. The lowest BCUT2D eigenvalue weighted by Gasteiger charge is -2.36. The first-order chi connectivity index (χ1) is 15.6. The summed E-state index contributed by atoms with van der Waals surface area (Å²) in [6, 6.07) is 9.63. The maximum absolute atomic E-state index is 13.3. The van der Waals surface area contributed by atoms with Gasteiger partial charge in [0, 0.05) is 31.7 Å². The van der Waals surface area contributed by atoms with E-state index < -0.39 is 6.04 Å². The molecule has 170 valence electrons. The maximum Gasteiger partial charge on any atom is 0.289 e. The highest BCUT2D eigenvalue weighted by Gasteiger charge is 2.37. The Balaban J connectivity index is 1.46. The molecule has 4 rings (SSSR count). The van der Waals surface area contributed by atoms with Crippen molar-refractivity contribution in [2.45, 2.75) is 31.7 Å². The fourth-order valence-electron chi connectivity index (χ4n) is 4.50. The van der Waals surface area contributed by atoms with E-state index in [4.69, 9.17) is 9.15 Å². The average molecular weight is 440 g/mol. The summed E-state index contributed by atoms with van der Waals surface area (Å²) in [7, 11) is 1.55. The van der Waals surface area contributed by atoms with E-state index in [0.29, 0.717) is 43.0 Å². The van der Waals surface area contributed by atoms with Gasteiger partial charge in [-0.15, -0.1) is 0 Å². The minimum absolute atomic E-state index is 0.0328. The van der Waals surface area contributed by atoms with Gasteiger partial charge in [0.1, 0.15) is 11.8 Å². The van der Waals surface area contributed by atoms with Crippen molar-refractivity contribution in [3.8, 4) is 5.75 Å². The molecule has 8 nitrogen and oxygen atoms in total. The van der Waals surface area contributed by atoms with Crippen LogP contribution in [0.3, 0.4) is 0 Å². The van der Waals surface area contributed by atoms with E-state index >= 15 is 0 Å². The minimum Gasteiger partial charge on any atom is -0.497 e. The molecule has 0 spiro atoms. The quantitative estimate of drug-likeness (QED) is 0.747. The summed E-state index contributed by atoms with van der Waals surface area (Å²) in [6.07, 6.45) is 4.72. The summed E-state index contributed by atoms with van der Waals surface area (Å²) >= 11 is 0. The van der Waals surface area contributed by atoms with Crippen molar-refractivity contribution in [2.75, 3.05) is 33.3 Å². The van der Waals surface area contributed by atoms with Crippen molar-refractivity contribution in [2.24, 2.45) is 5.92 Å². The predicted octanol–water partition coefficient (Wildman–Crippen LogP) is 2.56. The molecule has 0 radical (unpaired) electrons. The number of benzene rings is 1. The summed E-state index contributed by atoms with van der Waals surface area (Å²) in [4.78, 5) is 42.5. The third-order valence-corrected chi connectivity index (χ3v) is 6.33. The van der Waals surface area contributed by atoms with E-state index in [0.717, 1.165) is 25.9 Å². The normalized spacial score (nSPS) is 17.8. The van der Waals surface area contributed by atoms with Crippen LogP contribution >= 0.6 is 0 Å². The molecule has 0 saturated carbocycles. The largest absolute Gasteiger partial charge is 0.497 e. The molecule has 1 aromatic heterocycles. The number of hydrogen-bond donors (Lipinski definition) is 1. The third-order valence-electron chi connectivity index (χ3n) is 6.33. The predicted molar refractivity (Wildman–Crippen MR) is 117 cm³/mol. The van der Waals surface area contributed by atoms with Crippen LogP contribution in [-0.4, -0.2) is 66.9 Å². The number of furan rings is 1. The van der Waals surface area contributed by atoms with Gasteiger partial charge in [0.2, 0.25) is 5.91 Å². The molecule has 0 bridgehead atoms. The first kappa shape index (κ1) is 21.9. The van der Waals surface area contributed by atoms with Crippen LogP contribution in [0.15, 0.2) is 47.1 Å². The lowest BCUT2D eigenvalue weighted by atomic mass is 9.88. The number of methoxy groups -OCH3 is 1. The van der Waals surface area contributed by atoms with E-state index in [2.05, 4.69) is 5.32 Å². The number of likely N-dealkylation sites (tertiary alicyclic amines) is 2. The molecular formula is C24H29N3O5. The number of amides is 3. The van der Waals surface area contributed by atoms with Crippen LogP contribution in [0, 0.1) is 5.92 Å². The molecule has 2 aliphatic heterocycles. The summed E-state index contributed by atoms with van der Waals surface area (Å²) in [6.45, 7) is 2.48. The number of piperidine rings is 1. The fourth-order valence-corrected chi connectivity index (χ4v) is 4.50. The highest BCUT2D eigenvalue weighted by atomic mass is 16.5. The Labute approximate surface area is 187 Å². The second-order valence-electron chi connectivity index (χ2n) is 8.32. The molecule has 2 fully saturated rings. The number of rotatable bonds is 6. The van der Waals surface area contributed by atoms with Crippen molar-refractivity contribution in [3.63, 3.8) is 0 Å². The van der Waals surface area contributed by atoms with Crippen molar-refractivity contribution in [1.82, 2.24) is 15.1 Å². The van der Waals surface area contributed by atoms with E-state index in [9.17, 15) is 14.4 Å². The standard InChI is InChI=1S/C24H29N3O5/c1-31-19-7-4-6-18(16-19)22(28)25-21(24(30)26-11-2-3-12-26)17-9-13-27(14-10-17)23(29)20-8-5-15-32-20/h4-8,15-17,21H,2-3,9-14H2,1H3,(H,25,28). The van der Waals surface area contributed by atoms with Gasteiger partial charge < -0.3 is 24.3 Å². The SMILES string of the molecule is COc1cccc(C(=O)NC(C(=O)N2CCCC2)C2CCN(C(=O)c3ccco3)CC2)c1. The van der Waals surface area contributed by atoms with Gasteiger partial charge in [-0.1, -0.05) is 6.07 Å². The Morgan fingerprint density at radius 2 is 1.78 bits per heavy atom. The number of carbonyl (C=O) groups is 3. The second kappa shape index (κ2) is 9.89. The fraction of sp³-hybridized carbons (Fsp3) is 0.458. The molecular weight excluding hydrogens is 410 g/mol. The van der Waals surface area contributed by atoms with Gasteiger partial charge in [0.25, 0.3) is 11.8 Å². The van der Waals surface area contributed by atoms with Gasteiger partial charge in [-0.25, -0.2) is 0 Å². The number of hydrogen-bond acceptors (Lipinski definition) is 5. The van der Waals surface area contributed by atoms with Crippen LogP contribution in [0.1, 0.15) is 46.6 Å². The Kier molecular flexibility index (Phi) is 6.78. The Morgan fingerprint density at radius 1 is 1.03 bits per heavy atom. The number of nitrogens with one attached hydrogen (secondary N) is 1. The van der Waals surface area contributed by atoms with E-state index in [1.54, 1.807) is 48.4 Å². The lowest BCUT2D eigenvalue weighted by Crippen LogP contribution is -2.54. The van der Waals surface area contributed by atoms with E-state index in [-0.39, 0.29) is 23.6 Å². The van der Waals surface area contributed by atoms with Crippen LogP contribution in [0.25, 0.3) is 0 Å². The molecule has 2 aromatic rings. The molecule has 1 aromatic carbocycles. The molecule has 8 heteroatoms. The van der Waals surface area contributed by atoms with Gasteiger partial charge in [-0.3, -0.25) is 14.4 Å². The van der Waals surface area contributed by atoms with Gasteiger partial charge >= 0.3 is 0 Å². The molecule has 2 saturated heterocycles. The van der Waals surface area contributed by atoms with Crippen molar-refractivity contribution in [1.29, 1.82) is 0 Å². The average Bonchev–Trinajstić information content (AvgIpc) is 3.56. The zero-order valence-corrected chi connectivity index (χ0v) is 18.3. The van der Waals surface area contributed by atoms with Crippen LogP contribution in [0.2, 0.25) is 0 Å². The molecule has 3 amide bonds. The highest BCUT2D eigenvalue weighted by Crippen LogP contribution is 2.25. The zero-order chi connectivity index (χ0) is 22.5. The first-order valence-electron chi connectivity index (χ1n) is 11.1. The van der Waals surface area contributed by atoms with Crippen molar-refractivity contribution in [3.05, 3.63) is 54.0 Å². The van der Waals surface area contributed by atoms with E-state index in [1.807, 2.05) is 4.90 Å². The van der Waals surface area contributed by atoms with Gasteiger partial charge in [0.05, 0.1) is 13.4 Å². The topological polar surface area (TPSA) is 92.1 Å². The smallest absolute Gasteiger partial charge is 0.289 e. The summed E-state index contributed by atoms with van der Waals surface area (Å²) in [5.41, 5.74) is 0.453. The summed E-state index contributed by atoms with van der Waals surface area (Å²) < 4.78 is 10.4. The first-order valence-corrected chi connectivity index (χ1v) is 11.1. The molecule has 3 heterocycles. The van der Waals surface area contributed by atoms with Crippen LogP contribution < -0.4 is 10.1 Å². The molecule has 32 heavy (non-hydrogen) atoms. The van der Waals surface area contributed by atoms with Crippen molar-refractivity contribution < 1.29 is 23.5 Å². The van der Waals surface area contributed by atoms with Gasteiger partial charge in [-0.05, 0) is 61.9 Å². The summed E-state index contributed by atoms with van der Waals surface area (Å²) in [5, 5.41) is 2.99. The molecule has 0 aliphatic carbocycles. The molecule has 1 N–H and O–H groups in total. The number of nitrogens with zero attached hydrogens (tertiary/aromatic N) is 2. The third kappa shape index (κ3) is 4.79. The molecule has 2 aliphatic rings. The lowest BCUT2D eigenvalue weighted by molar-refractivity contribution is -0.134. The molecule has 1 atom stereocenters. The summed E-state index contributed by atoms with van der Waals surface area (Å²) in [5.74, 6) is 0.393. The number of carbonyl (C=O) groups excluding carboxylic acids is 3.